The number of nitrogens with zero attached hydrogens (tertiary/aromatic N) is 1. The summed E-state index contributed by atoms with van der Waals surface area (Å²) >= 11 is 0. The number of nitrogens with one attached hydrogen (secondary N) is 1. The molecule has 0 aromatic rings. The Morgan fingerprint density at radius 2 is 2.06 bits per heavy atom. The Kier molecular flexibility index (Phi) is 3.91. The molecule has 1 N–H and O–H groups in total. The molecule has 2 nitrogen and oxygen atoms in total. The molecule has 2 fully saturated rings. The molecule has 94 valence electrons. The highest BCUT2D eigenvalue weighted by Gasteiger charge is 2.37. The van der Waals surface area contributed by atoms with Gasteiger partial charge in [-0.05, 0) is 65.5 Å². The molecule has 2 saturated heterocycles. The monoisotopic (exact) mass is 224 g/mol. The summed E-state index contributed by atoms with van der Waals surface area (Å²) in [4.78, 5) is 2.66. The summed E-state index contributed by atoms with van der Waals surface area (Å²) < 4.78 is 0. The van der Waals surface area contributed by atoms with E-state index in [2.05, 4.69) is 31.0 Å². The fourth-order valence-electron chi connectivity index (χ4n) is 3.42. The average Bonchev–Trinajstić information content (AvgIpc) is 2.30. The van der Waals surface area contributed by atoms with Crippen LogP contribution in [0.15, 0.2) is 0 Å². The molecule has 2 heterocycles. The van der Waals surface area contributed by atoms with Crippen LogP contribution in [0.1, 0.15) is 52.9 Å². The summed E-state index contributed by atoms with van der Waals surface area (Å²) in [5.74, 6) is 0.865. The van der Waals surface area contributed by atoms with Crippen LogP contribution in [0.2, 0.25) is 0 Å². The first kappa shape index (κ1) is 12.4. The fourth-order valence-corrected chi connectivity index (χ4v) is 3.42. The second-order valence-corrected chi connectivity index (χ2v) is 6.23. The van der Waals surface area contributed by atoms with Gasteiger partial charge in [0.25, 0.3) is 0 Å². The summed E-state index contributed by atoms with van der Waals surface area (Å²) in [7, 11) is 0. The van der Waals surface area contributed by atoms with Gasteiger partial charge in [0.1, 0.15) is 0 Å². The van der Waals surface area contributed by atoms with E-state index in [0.717, 1.165) is 12.0 Å². The lowest BCUT2D eigenvalue weighted by atomic mass is 9.75. The van der Waals surface area contributed by atoms with Crippen molar-refractivity contribution >= 4 is 0 Å². The van der Waals surface area contributed by atoms with E-state index in [1.165, 1.54) is 51.7 Å². The summed E-state index contributed by atoms with van der Waals surface area (Å²) in [6.45, 7) is 11.0. The quantitative estimate of drug-likeness (QED) is 0.776. The van der Waals surface area contributed by atoms with E-state index in [0.29, 0.717) is 5.54 Å². The highest BCUT2D eigenvalue weighted by molar-refractivity contribution is 4.96. The maximum Gasteiger partial charge on any atom is 0.0193 e. The molecule has 0 radical (unpaired) electrons. The fraction of sp³-hybridized carbons (Fsp3) is 1.00. The van der Waals surface area contributed by atoms with Gasteiger partial charge in [-0.1, -0.05) is 6.42 Å². The number of hydrogen-bond acceptors (Lipinski definition) is 2. The third-order valence-electron chi connectivity index (χ3n) is 4.74. The van der Waals surface area contributed by atoms with Crippen molar-refractivity contribution in [3.8, 4) is 0 Å². The largest absolute Gasteiger partial charge is 0.311 e. The van der Waals surface area contributed by atoms with Crippen LogP contribution in [0.25, 0.3) is 0 Å². The Morgan fingerprint density at radius 1 is 1.25 bits per heavy atom. The molecule has 2 atom stereocenters. The van der Waals surface area contributed by atoms with Crippen LogP contribution in [0.3, 0.4) is 0 Å². The Bertz CT molecular complexity index is 219. The van der Waals surface area contributed by atoms with Crippen LogP contribution in [0.4, 0.5) is 0 Å². The van der Waals surface area contributed by atoms with E-state index in [1.54, 1.807) is 0 Å². The van der Waals surface area contributed by atoms with E-state index in [4.69, 9.17) is 0 Å². The molecule has 2 rings (SSSR count). The van der Waals surface area contributed by atoms with Gasteiger partial charge in [0.05, 0.1) is 0 Å². The Balaban J connectivity index is 1.97. The summed E-state index contributed by atoms with van der Waals surface area (Å²) in [6, 6.07) is 0.718. The lowest BCUT2D eigenvalue weighted by Gasteiger charge is -2.47. The van der Waals surface area contributed by atoms with E-state index >= 15 is 0 Å². The minimum absolute atomic E-state index is 0.422. The minimum Gasteiger partial charge on any atom is -0.311 e. The Hall–Kier alpha value is -0.0800. The molecular formula is C14H28N2. The standard InChI is InChI=1S/C14H28N2/c1-12(2)16-10-6-7-13(11-16)14(3)8-4-5-9-15-14/h12-13,15H,4-11H2,1-3H3. The Morgan fingerprint density at radius 3 is 2.69 bits per heavy atom. The molecule has 16 heavy (non-hydrogen) atoms. The van der Waals surface area contributed by atoms with Crippen LogP contribution in [0.5, 0.6) is 0 Å². The molecule has 0 aliphatic carbocycles. The normalized spacial score (nSPS) is 37.9. The topological polar surface area (TPSA) is 15.3 Å². The number of piperidine rings is 2. The second kappa shape index (κ2) is 5.05. The third kappa shape index (κ3) is 2.60. The van der Waals surface area contributed by atoms with Crippen molar-refractivity contribution in [2.24, 2.45) is 5.92 Å². The van der Waals surface area contributed by atoms with Gasteiger partial charge in [-0.15, -0.1) is 0 Å². The molecule has 2 aliphatic rings. The molecule has 2 unspecified atom stereocenters. The zero-order chi connectivity index (χ0) is 11.6. The van der Waals surface area contributed by atoms with Crippen molar-refractivity contribution in [2.45, 2.75) is 64.5 Å². The van der Waals surface area contributed by atoms with Crippen molar-refractivity contribution in [1.82, 2.24) is 10.2 Å². The smallest absolute Gasteiger partial charge is 0.0193 e. The van der Waals surface area contributed by atoms with Gasteiger partial charge >= 0.3 is 0 Å². The van der Waals surface area contributed by atoms with Crippen molar-refractivity contribution in [3.05, 3.63) is 0 Å². The van der Waals surface area contributed by atoms with Gasteiger partial charge in [0.15, 0.2) is 0 Å². The van der Waals surface area contributed by atoms with Gasteiger partial charge in [-0.25, -0.2) is 0 Å². The summed E-state index contributed by atoms with van der Waals surface area (Å²) in [5.41, 5.74) is 0.422. The second-order valence-electron chi connectivity index (χ2n) is 6.23. The number of rotatable bonds is 2. The highest BCUT2D eigenvalue weighted by atomic mass is 15.2. The van der Waals surface area contributed by atoms with Gasteiger partial charge in [0.2, 0.25) is 0 Å². The average molecular weight is 224 g/mol. The molecule has 2 heteroatoms. The van der Waals surface area contributed by atoms with Gasteiger partial charge < -0.3 is 10.2 Å². The first-order chi connectivity index (χ1) is 7.62. The molecule has 0 saturated carbocycles. The van der Waals surface area contributed by atoms with Crippen LogP contribution >= 0.6 is 0 Å². The van der Waals surface area contributed by atoms with Gasteiger partial charge in [-0.3, -0.25) is 0 Å². The number of likely N-dealkylation sites (tertiary alicyclic amines) is 1. The first-order valence-electron chi connectivity index (χ1n) is 7.11. The van der Waals surface area contributed by atoms with Crippen LogP contribution < -0.4 is 5.32 Å². The maximum atomic E-state index is 3.80. The van der Waals surface area contributed by atoms with Crippen LogP contribution in [-0.4, -0.2) is 36.1 Å². The van der Waals surface area contributed by atoms with Crippen molar-refractivity contribution in [1.29, 1.82) is 0 Å². The van der Waals surface area contributed by atoms with Crippen molar-refractivity contribution in [3.63, 3.8) is 0 Å². The number of hydrogen-bond donors (Lipinski definition) is 1. The summed E-state index contributed by atoms with van der Waals surface area (Å²) in [6.07, 6.45) is 6.98. The minimum atomic E-state index is 0.422. The van der Waals surface area contributed by atoms with Crippen molar-refractivity contribution < 1.29 is 0 Å². The molecule has 0 aromatic carbocycles. The summed E-state index contributed by atoms with van der Waals surface area (Å²) in [5, 5.41) is 3.80. The molecule has 0 spiro atoms. The van der Waals surface area contributed by atoms with E-state index in [-0.39, 0.29) is 0 Å². The Labute approximate surface area is 101 Å². The SMILES string of the molecule is CC(C)N1CCCC(C2(C)CCCCN2)C1. The van der Waals surface area contributed by atoms with Crippen LogP contribution in [0, 0.1) is 5.92 Å². The van der Waals surface area contributed by atoms with E-state index in [1.807, 2.05) is 0 Å². The predicted octanol–water partition coefficient (Wildman–Crippen LogP) is 2.64. The maximum absolute atomic E-state index is 3.80. The zero-order valence-electron chi connectivity index (χ0n) is 11.3. The predicted molar refractivity (Wildman–Crippen MR) is 69.7 cm³/mol. The van der Waals surface area contributed by atoms with Gasteiger partial charge in [-0.2, -0.15) is 0 Å². The van der Waals surface area contributed by atoms with E-state index in [9.17, 15) is 0 Å². The lowest BCUT2D eigenvalue weighted by Crippen LogP contribution is -2.56. The lowest BCUT2D eigenvalue weighted by molar-refractivity contribution is 0.0691. The molecule has 0 amide bonds. The first-order valence-corrected chi connectivity index (χ1v) is 7.11. The molecule has 0 aromatic heterocycles. The third-order valence-corrected chi connectivity index (χ3v) is 4.74. The highest BCUT2D eigenvalue weighted by Crippen LogP contribution is 2.33. The molecular weight excluding hydrogens is 196 g/mol. The van der Waals surface area contributed by atoms with Gasteiger partial charge in [0, 0.05) is 18.1 Å². The zero-order valence-corrected chi connectivity index (χ0v) is 11.3. The molecule has 0 bridgehead atoms. The molecule has 2 aliphatic heterocycles. The van der Waals surface area contributed by atoms with Crippen LogP contribution in [-0.2, 0) is 0 Å². The van der Waals surface area contributed by atoms with E-state index < -0.39 is 0 Å². The van der Waals surface area contributed by atoms with Crippen molar-refractivity contribution in [2.75, 3.05) is 19.6 Å².